The third kappa shape index (κ3) is 2.75. The molecule has 1 aliphatic rings. The Labute approximate surface area is 112 Å². The normalized spacial score (nSPS) is 21.3. The number of alkyl carbamates (subject to hydrolysis) is 1. The van der Waals surface area contributed by atoms with Crippen LogP contribution in [0.25, 0.3) is 0 Å². The lowest BCUT2D eigenvalue weighted by Crippen LogP contribution is -2.46. The van der Waals surface area contributed by atoms with Gasteiger partial charge in [0.05, 0.1) is 20.3 Å². The molecule has 5 heteroatoms. The Morgan fingerprint density at radius 2 is 1.79 bits per heavy atom. The molecule has 0 radical (unpaired) electrons. The van der Waals surface area contributed by atoms with Crippen molar-refractivity contribution in [2.45, 2.75) is 19.9 Å². The van der Waals surface area contributed by atoms with E-state index < -0.39 is 6.09 Å². The summed E-state index contributed by atoms with van der Waals surface area (Å²) in [4.78, 5) is 11.4. The Morgan fingerprint density at radius 3 is 2.32 bits per heavy atom. The fourth-order valence-corrected chi connectivity index (χ4v) is 2.22. The van der Waals surface area contributed by atoms with Crippen molar-refractivity contribution in [2.75, 3.05) is 20.8 Å². The number of carbonyl (C=O) groups excluding carboxylic acids is 1. The maximum atomic E-state index is 11.4. The molecule has 0 spiro atoms. The summed E-state index contributed by atoms with van der Waals surface area (Å²) in [6, 6.07) is 5.47. The van der Waals surface area contributed by atoms with Crippen LogP contribution in [0.5, 0.6) is 11.5 Å². The van der Waals surface area contributed by atoms with Gasteiger partial charge in [0.1, 0.15) is 18.1 Å². The molecule has 1 atom stereocenters. The minimum atomic E-state index is -0.397. The molecule has 1 saturated heterocycles. The van der Waals surface area contributed by atoms with Gasteiger partial charge >= 0.3 is 6.09 Å². The summed E-state index contributed by atoms with van der Waals surface area (Å²) in [7, 11) is 3.21. The lowest BCUT2D eigenvalue weighted by molar-refractivity contribution is 0.0386. The highest BCUT2D eigenvalue weighted by Crippen LogP contribution is 2.39. The number of rotatable bonds is 3. The first kappa shape index (κ1) is 13.5. The average Bonchev–Trinajstić information content (AvgIpc) is 2.40. The van der Waals surface area contributed by atoms with E-state index in [1.165, 1.54) is 0 Å². The first-order valence-electron chi connectivity index (χ1n) is 6.12. The second kappa shape index (κ2) is 4.99. The van der Waals surface area contributed by atoms with Crippen LogP contribution in [0.4, 0.5) is 4.79 Å². The molecule has 2 rings (SSSR count). The summed E-state index contributed by atoms with van der Waals surface area (Å²) < 4.78 is 15.6. The van der Waals surface area contributed by atoms with Crippen LogP contribution < -0.4 is 14.8 Å². The molecule has 1 aromatic carbocycles. The molecule has 0 bridgehead atoms. The molecule has 5 nitrogen and oxygen atoms in total. The molecule has 19 heavy (non-hydrogen) atoms. The van der Waals surface area contributed by atoms with Gasteiger partial charge in [0, 0.05) is 11.5 Å². The molecule has 1 N–H and O–H groups in total. The fourth-order valence-electron chi connectivity index (χ4n) is 2.22. The summed E-state index contributed by atoms with van der Waals surface area (Å²) in [6.45, 7) is 4.47. The van der Waals surface area contributed by atoms with Gasteiger partial charge in [-0.2, -0.15) is 0 Å². The van der Waals surface area contributed by atoms with Crippen molar-refractivity contribution >= 4 is 6.09 Å². The van der Waals surface area contributed by atoms with Crippen molar-refractivity contribution in [3.8, 4) is 11.5 Å². The van der Waals surface area contributed by atoms with Gasteiger partial charge in [-0.25, -0.2) is 4.79 Å². The monoisotopic (exact) mass is 265 g/mol. The van der Waals surface area contributed by atoms with Crippen molar-refractivity contribution in [1.29, 1.82) is 0 Å². The van der Waals surface area contributed by atoms with Crippen LogP contribution in [0.2, 0.25) is 0 Å². The predicted molar refractivity (Wildman–Crippen MR) is 70.6 cm³/mol. The van der Waals surface area contributed by atoms with Gasteiger partial charge in [0.2, 0.25) is 0 Å². The summed E-state index contributed by atoms with van der Waals surface area (Å²) in [6.07, 6.45) is -0.397. The number of hydrogen-bond acceptors (Lipinski definition) is 4. The van der Waals surface area contributed by atoms with Gasteiger partial charge in [-0.3, -0.25) is 0 Å². The van der Waals surface area contributed by atoms with Crippen LogP contribution in [0.1, 0.15) is 25.5 Å². The van der Waals surface area contributed by atoms with Crippen LogP contribution in [0.3, 0.4) is 0 Å². The van der Waals surface area contributed by atoms with E-state index in [0.717, 1.165) is 5.56 Å². The van der Waals surface area contributed by atoms with E-state index >= 15 is 0 Å². The molecule has 1 aromatic rings. The summed E-state index contributed by atoms with van der Waals surface area (Å²) in [5, 5.41) is 2.85. The Bertz CT molecular complexity index is 462. The Balaban J connectivity index is 2.40. The van der Waals surface area contributed by atoms with Crippen LogP contribution >= 0.6 is 0 Å². The summed E-state index contributed by atoms with van der Waals surface area (Å²) >= 11 is 0. The summed E-state index contributed by atoms with van der Waals surface area (Å²) in [5.74, 6) is 1.40. The molecule has 0 aliphatic carbocycles. The molecular formula is C14H19NO4. The van der Waals surface area contributed by atoms with Gasteiger partial charge in [-0.15, -0.1) is 0 Å². The number of amides is 1. The Hall–Kier alpha value is -1.91. The van der Waals surface area contributed by atoms with Gasteiger partial charge in [0.25, 0.3) is 0 Å². The largest absolute Gasteiger partial charge is 0.497 e. The Kier molecular flexibility index (Phi) is 3.55. The molecule has 1 fully saturated rings. The lowest BCUT2D eigenvalue weighted by Gasteiger charge is -2.38. The van der Waals surface area contributed by atoms with Gasteiger partial charge < -0.3 is 19.5 Å². The number of carbonyl (C=O) groups is 1. The zero-order valence-electron chi connectivity index (χ0n) is 11.6. The molecule has 1 aliphatic heterocycles. The zero-order valence-corrected chi connectivity index (χ0v) is 11.6. The highest BCUT2D eigenvalue weighted by molar-refractivity contribution is 5.69. The molecule has 1 heterocycles. The maximum Gasteiger partial charge on any atom is 0.407 e. The van der Waals surface area contributed by atoms with Crippen molar-refractivity contribution < 1.29 is 19.0 Å². The number of methoxy groups -OCH3 is 2. The maximum absolute atomic E-state index is 11.4. The third-order valence-electron chi connectivity index (χ3n) is 3.33. The van der Waals surface area contributed by atoms with E-state index in [2.05, 4.69) is 5.32 Å². The van der Waals surface area contributed by atoms with Gasteiger partial charge in [0.15, 0.2) is 0 Å². The molecule has 0 saturated carbocycles. The highest BCUT2D eigenvalue weighted by atomic mass is 16.6. The number of cyclic esters (lactones) is 1. The molecule has 1 amide bonds. The molecule has 104 valence electrons. The van der Waals surface area contributed by atoms with Crippen LogP contribution in [0, 0.1) is 5.41 Å². The quantitative estimate of drug-likeness (QED) is 0.912. The van der Waals surface area contributed by atoms with Crippen LogP contribution in [-0.4, -0.2) is 26.9 Å². The number of hydrogen-bond donors (Lipinski definition) is 1. The molecule has 0 unspecified atom stereocenters. The summed E-state index contributed by atoms with van der Waals surface area (Å²) in [5.41, 5.74) is 0.739. The smallest absolute Gasteiger partial charge is 0.407 e. The van der Waals surface area contributed by atoms with Gasteiger partial charge in [-0.1, -0.05) is 13.8 Å². The highest BCUT2D eigenvalue weighted by Gasteiger charge is 2.38. The van der Waals surface area contributed by atoms with Crippen LogP contribution in [0.15, 0.2) is 18.2 Å². The first-order chi connectivity index (χ1) is 8.96. The first-order valence-corrected chi connectivity index (χ1v) is 6.12. The minimum absolute atomic E-state index is 0.141. The van der Waals surface area contributed by atoms with E-state index in [-0.39, 0.29) is 11.5 Å². The Morgan fingerprint density at radius 1 is 1.21 bits per heavy atom. The molecular weight excluding hydrogens is 246 g/mol. The van der Waals surface area contributed by atoms with Crippen molar-refractivity contribution in [3.63, 3.8) is 0 Å². The average molecular weight is 265 g/mol. The predicted octanol–water partition coefficient (Wildman–Crippen LogP) is 2.51. The van der Waals surface area contributed by atoms with Gasteiger partial charge in [-0.05, 0) is 17.7 Å². The second-order valence-electron chi connectivity index (χ2n) is 5.29. The number of benzene rings is 1. The number of nitrogens with one attached hydrogen (secondary N) is 1. The topological polar surface area (TPSA) is 56.8 Å². The zero-order chi connectivity index (χ0) is 14.0. The molecule has 0 aromatic heterocycles. The lowest BCUT2D eigenvalue weighted by atomic mass is 9.80. The fraction of sp³-hybridized carbons (Fsp3) is 0.500. The van der Waals surface area contributed by atoms with E-state index in [0.29, 0.717) is 18.1 Å². The van der Waals surface area contributed by atoms with Crippen molar-refractivity contribution in [2.24, 2.45) is 5.41 Å². The van der Waals surface area contributed by atoms with Crippen molar-refractivity contribution in [1.82, 2.24) is 5.32 Å². The minimum Gasteiger partial charge on any atom is -0.497 e. The second-order valence-corrected chi connectivity index (χ2v) is 5.29. The SMILES string of the molecule is COc1cc(OC)cc([C@@H]2NC(=O)OCC2(C)C)c1. The third-order valence-corrected chi connectivity index (χ3v) is 3.33. The van der Waals surface area contributed by atoms with E-state index in [1.807, 2.05) is 26.0 Å². The van der Waals surface area contributed by atoms with E-state index in [4.69, 9.17) is 14.2 Å². The van der Waals surface area contributed by atoms with Crippen molar-refractivity contribution in [3.05, 3.63) is 23.8 Å². The van der Waals surface area contributed by atoms with E-state index in [9.17, 15) is 4.79 Å². The van der Waals surface area contributed by atoms with Crippen LogP contribution in [-0.2, 0) is 4.74 Å². The standard InChI is InChI=1S/C14H19NO4/c1-14(2)8-19-13(16)15-12(14)9-5-10(17-3)7-11(6-9)18-4/h5-7,12H,8H2,1-4H3,(H,15,16)/t12-/m0/s1. The number of ether oxygens (including phenoxy) is 3. The van der Waals surface area contributed by atoms with E-state index in [1.54, 1.807) is 20.3 Å².